The third-order valence-corrected chi connectivity index (χ3v) is 2.65. The van der Waals surface area contributed by atoms with Crippen molar-refractivity contribution in [3.63, 3.8) is 0 Å². The van der Waals surface area contributed by atoms with Gasteiger partial charge in [-0.05, 0) is 30.7 Å². The summed E-state index contributed by atoms with van der Waals surface area (Å²) in [5, 5.41) is 12.8. The standard InChI is InChI=1S/C14H13NO3/c1-3-9(2)15-8-10-4-5-12-11(6-10)7-13(18-12)14(16)17/h1,4-7,9,15H,8H2,2H3,(H,16,17). The zero-order valence-corrected chi connectivity index (χ0v) is 9.93. The molecule has 1 aromatic carbocycles. The summed E-state index contributed by atoms with van der Waals surface area (Å²) >= 11 is 0. The summed E-state index contributed by atoms with van der Waals surface area (Å²) in [7, 11) is 0. The van der Waals surface area contributed by atoms with Crippen LogP contribution in [0.15, 0.2) is 28.7 Å². The van der Waals surface area contributed by atoms with E-state index >= 15 is 0 Å². The molecule has 1 unspecified atom stereocenters. The Hall–Kier alpha value is -2.25. The van der Waals surface area contributed by atoms with Gasteiger partial charge in [-0.25, -0.2) is 4.79 Å². The second-order valence-electron chi connectivity index (χ2n) is 4.06. The molecule has 92 valence electrons. The van der Waals surface area contributed by atoms with Crippen LogP contribution in [0.5, 0.6) is 0 Å². The van der Waals surface area contributed by atoms with Gasteiger partial charge in [0.05, 0.1) is 6.04 Å². The smallest absolute Gasteiger partial charge is 0.371 e. The molecule has 1 atom stereocenters. The average molecular weight is 243 g/mol. The number of carbonyl (C=O) groups is 1. The van der Waals surface area contributed by atoms with Gasteiger partial charge in [-0.2, -0.15) is 0 Å². The Bertz CT molecular complexity index is 621. The molecular formula is C14H13NO3. The molecule has 2 N–H and O–H groups in total. The van der Waals surface area contributed by atoms with E-state index in [0.717, 1.165) is 10.9 Å². The molecular weight excluding hydrogens is 230 g/mol. The molecule has 18 heavy (non-hydrogen) atoms. The highest BCUT2D eigenvalue weighted by Gasteiger charge is 2.10. The molecule has 0 fully saturated rings. The maximum atomic E-state index is 10.8. The lowest BCUT2D eigenvalue weighted by molar-refractivity contribution is 0.0665. The van der Waals surface area contributed by atoms with E-state index in [1.165, 1.54) is 6.07 Å². The van der Waals surface area contributed by atoms with Crippen molar-refractivity contribution in [3.8, 4) is 12.3 Å². The molecule has 0 bridgehead atoms. The first kappa shape index (κ1) is 12.2. The lowest BCUT2D eigenvalue weighted by Gasteiger charge is -2.07. The number of aromatic carboxylic acids is 1. The van der Waals surface area contributed by atoms with Crippen LogP contribution >= 0.6 is 0 Å². The third-order valence-electron chi connectivity index (χ3n) is 2.65. The van der Waals surface area contributed by atoms with Gasteiger partial charge in [0.25, 0.3) is 0 Å². The summed E-state index contributed by atoms with van der Waals surface area (Å²) in [6, 6.07) is 7.06. The van der Waals surface area contributed by atoms with E-state index in [4.69, 9.17) is 15.9 Å². The van der Waals surface area contributed by atoms with Gasteiger partial charge in [-0.3, -0.25) is 5.32 Å². The van der Waals surface area contributed by atoms with Gasteiger partial charge < -0.3 is 9.52 Å². The Balaban J connectivity index is 2.22. The van der Waals surface area contributed by atoms with Gasteiger partial charge in [0.2, 0.25) is 5.76 Å². The normalized spacial score (nSPS) is 12.2. The fourth-order valence-electron chi connectivity index (χ4n) is 1.64. The zero-order valence-electron chi connectivity index (χ0n) is 9.93. The zero-order chi connectivity index (χ0) is 13.1. The summed E-state index contributed by atoms with van der Waals surface area (Å²) in [6.07, 6.45) is 5.27. The number of hydrogen-bond acceptors (Lipinski definition) is 3. The number of carboxylic acid groups (broad SMARTS) is 1. The van der Waals surface area contributed by atoms with Crippen molar-refractivity contribution in [1.29, 1.82) is 0 Å². The van der Waals surface area contributed by atoms with Gasteiger partial charge in [-0.1, -0.05) is 12.0 Å². The molecule has 2 rings (SSSR count). The summed E-state index contributed by atoms with van der Waals surface area (Å²) < 4.78 is 5.18. The minimum absolute atomic E-state index is 0.000345. The van der Waals surface area contributed by atoms with E-state index in [2.05, 4.69) is 11.2 Å². The van der Waals surface area contributed by atoms with Crippen LogP contribution in [0, 0.1) is 12.3 Å². The quantitative estimate of drug-likeness (QED) is 0.808. The van der Waals surface area contributed by atoms with Crippen molar-refractivity contribution < 1.29 is 14.3 Å². The molecule has 0 amide bonds. The first-order valence-corrected chi connectivity index (χ1v) is 5.55. The first-order valence-electron chi connectivity index (χ1n) is 5.55. The molecule has 2 aromatic rings. The number of carboxylic acids is 1. The van der Waals surface area contributed by atoms with Crippen molar-refractivity contribution in [1.82, 2.24) is 5.32 Å². The third kappa shape index (κ3) is 2.53. The highest BCUT2D eigenvalue weighted by Crippen LogP contribution is 2.20. The van der Waals surface area contributed by atoms with Crippen molar-refractivity contribution in [3.05, 3.63) is 35.6 Å². The van der Waals surface area contributed by atoms with Gasteiger partial charge in [-0.15, -0.1) is 6.42 Å². The highest BCUT2D eigenvalue weighted by molar-refractivity contribution is 5.91. The van der Waals surface area contributed by atoms with Crippen LogP contribution < -0.4 is 5.32 Å². The number of furan rings is 1. The van der Waals surface area contributed by atoms with Crippen LogP contribution in [-0.4, -0.2) is 17.1 Å². The molecule has 1 aromatic heterocycles. The molecule has 0 radical (unpaired) electrons. The first-order chi connectivity index (χ1) is 8.60. The van der Waals surface area contributed by atoms with Crippen molar-refractivity contribution in [2.45, 2.75) is 19.5 Å². The van der Waals surface area contributed by atoms with E-state index in [9.17, 15) is 4.79 Å². The average Bonchev–Trinajstić information content (AvgIpc) is 2.79. The largest absolute Gasteiger partial charge is 0.475 e. The number of rotatable bonds is 4. The predicted molar refractivity (Wildman–Crippen MR) is 68.3 cm³/mol. The molecule has 0 aliphatic heterocycles. The summed E-state index contributed by atoms with van der Waals surface area (Å²) in [5.41, 5.74) is 1.60. The van der Waals surface area contributed by atoms with E-state index in [1.807, 2.05) is 19.1 Å². The van der Waals surface area contributed by atoms with Gasteiger partial charge in [0.1, 0.15) is 5.58 Å². The second-order valence-corrected chi connectivity index (χ2v) is 4.06. The van der Waals surface area contributed by atoms with Crippen LogP contribution in [0.4, 0.5) is 0 Å². The molecule has 0 spiro atoms. The summed E-state index contributed by atoms with van der Waals surface area (Å²) in [4.78, 5) is 10.8. The predicted octanol–water partition coefficient (Wildman–Crippen LogP) is 2.24. The van der Waals surface area contributed by atoms with Crippen LogP contribution in [0.3, 0.4) is 0 Å². The monoisotopic (exact) mass is 243 g/mol. The Labute approximate surface area is 105 Å². The second kappa shape index (κ2) is 4.94. The number of terminal acetylenes is 1. The van der Waals surface area contributed by atoms with Crippen molar-refractivity contribution in [2.75, 3.05) is 0 Å². The Morgan fingerprint density at radius 1 is 1.56 bits per heavy atom. The Morgan fingerprint density at radius 2 is 2.33 bits per heavy atom. The van der Waals surface area contributed by atoms with E-state index in [1.54, 1.807) is 6.07 Å². The van der Waals surface area contributed by atoms with Crippen molar-refractivity contribution >= 4 is 16.9 Å². The summed E-state index contributed by atoms with van der Waals surface area (Å²) in [5.74, 6) is 1.47. The molecule has 0 saturated heterocycles. The topological polar surface area (TPSA) is 62.5 Å². The maximum absolute atomic E-state index is 10.8. The van der Waals surface area contributed by atoms with E-state index in [0.29, 0.717) is 12.1 Å². The SMILES string of the molecule is C#CC(C)NCc1ccc2oc(C(=O)O)cc2c1. The van der Waals surface area contributed by atoms with E-state index < -0.39 is 5.97 Å². The Morgan fingerprint density at radius 3 is 3.00 bits per heavy atom. The summed E-state index contributed by atoms with van der Waals surface area (Å²) in [6.45, 7) is 2.54. The number of hydrogen-bond donors (Lipinski definition) is 2. The van der Waals surface area contributed by atoms with Crippen LogP contribution in [0.25, 0.3) is 11.0 Å². The van der Waals surface area contributed by atoms with Gasteiger partial charge >= 0.3 is 5.97 Å². The highest BCUT2D eigenvalue weighted by atomic mass is 16.4. The molecule has 1 heterocycles. The molecule has 0 aliphatic carbocycles. The lowest BCUT2D eigenvalue weighted by Crippen LogP contribution is -2.23. The fourth-order valence-corrected chi connectivity index (χ4v) is 1.64. The lowest BCUT2D eigenvalue weighted by atomic mass is 10.1. The van der Waals surface area contributed by atoms with E-state index in [-0.39, 0.29) is 11.8 Å². The minimum atomic E-state index is -1.06. The number of fused-ring (bicyclic) bond motifs is 1. The molecule has 0 aliphatic rings. The Kier molecular flexibility index (Phi) is 3.35. The van der Waals surface area contributed by atoms with Crippen LogP contribution in [-0.2, 0) is 6.54 Å². The molecule has 4 nitrogen and oxygen atoms in total. The number of benzene rings is 1. The van der Waals surface area contributed by atoms with Crippen LogP contribution in [0.1, 0.15) is 23.0 Å². The van der Waals surface area contributed by atoms with Gasteiger partial charge in [0, 0.05) is 11.9 Å². The van der Waals surface area contributed by atoms with Crippen LogP contribution in [0.2, 0.25) is 0 Å². The minimum Gasteiger partial charge on any atom is -0.475 e. The molecule has 0 saturated carbocycles. The molecule has 4 heteroatoms. The van der Waals surface area contributed by atoms with Gasteiger partial charge in [0.15, 0.2) is 0 Å². The number of nitrogens with one attached hydrogen (secondary N) is 1. The van der Waals surface area contributed by atoms with Crippen molar-refractivity contribution in [2.24, 2.45) is 0 Å². The maximum Gasteiger partial charge on any atom is 0.371 e. The fraction of sp³-hybridized carbons (Fsp3) is 0.214.